The van der Waals surface area contributed by atoms with Crippen LogP contribution < -0.4 is 10.3 Å². The van der Waals surface area contributed by atoms with E-state index in [2.05, 4.69) is 20.5 Å². The van der Waals surface area contributed by atoms with E-state index in [0.717, 1.165) is 6.20 Å². The number of nitrogens with one attached hydrogen (secondary N) is 1. The summed E-state index contributed by atoms with van der Waals surface area (Å²) in [6.07, 6.45) is 2.47. The highest BCUT2D eigenvalue weighted by molar-refractivity contribution is 5.81. The second-order valence-corrected chi connectivity index (χ2v) is 5.19. The first-order chi connectivity index (χ1) is 12.1. The number of morpholine rings is 1. The smallest absolute Gasteiger partial charge is 0.270 e. The maximum absolute atomic E-state index is 13.9. The first-order valence-electron chi connectivity index (χ1n) is 7.52. The fourth-order valence-electron chi connectivity index (χ4n) is 2.29. The van der Waals surface area contributed by atoms with E-state index in [1.54, 1.807) is 17.0 Å². The maximum atomic E-state index is 13.9. The number of aromatic nitrogens is 2. The molecule has 0 unspecified atom stereocenters. The molecule has 0 aliphatic carbocycles. The highest BCUT2D eigenvalue weighted by Crippen LogP contribution is 2.18. The van der Waals surface area contributed by atoms with Crippen LogP contribution in [-0.4, -0.2) is 47.4 Å². The van der Waals surface area contributed by atoms with Gasteiger partial charge in [-0.05, 0) is 0 Å². The van der Waals surface area contributed by atoms with Gasteiger partial charge in [-0.15, -0.1) is 0 Å². The minimum absolute atomic E-state index is 0.0309. The van der Waals surface area contributed by atoms with Crippen LogP contribution in [0.25, 0.3) is 0 Å². The van der Waals surface area contributed by atoms with Crippen molar-refractivity contribution in [3.8, 4) is 0 Å². The van der Waals surface area contributed by atoms with E-state index in [9.17, 15) is 14.5 Å². The predicted octanol–water partition coefficient (Wildman–Crippen LogP) is 1.81. The van der Waals surface area contributed by atoms with Crippen LogP contribution in [0.1, 0.15) is 5.56 Å². The first kappa shape index (κ1) is 16.7. The molecule has 0 spiro atoms. The Morgan fingerprint density at radius 3 is 2.96 bits per heavy atom. The molecule has 1 aliphatic heterocycles. The maximum Gasteiger partial charge on any atom is 0.270 e. The van der Waals surface area contributed by atoms with Gasteiger partial charge in [0.25, 0.3) is 5.69 Å². The summed E-state index contributed by atoms with van der Waals surface area (Å²) in [5.41, 5.74) is 3.11. The molecule has 10 heteroatoms. The number of hydrogen-bond donors (Lipinski definition) is 1. The van der Waals surface area contributed by atoms with Crippen LogP contribution in [0.15, 0.2) is 35.6 Å². The highest BCUT2D eigenvalue weighted by Gasteiger charge is 2.17. The van der Waals surface area contributed by atoms with E-state index in [0.29, 0.717) is 31.9 Å². The summed E-state index contributed by atoms with van der Waals surface area (Å²) < 4.78 is 19.2. The van der Waals surface area contributed by atoms with Crippen molar-refractivity contribution >= 4 is 23.7 Å². The molecular weight excluding hydrogens is 331 g/mol. The molecule has 1 aromatic carbocycles. The number of anilines is 2. The van der Waals surface area contributed by atoms with Gasteiger partial charge < -0.3 is 9.64 Å². The molecule has 25 heavy (non-hydrogen) atoms. The van der Waals surface area contributed by atoms with Crippen molar-refractivity contribution in [3.05, 3.63) is 52.0 Å². The average Bonchev–Trinajstić information content (AvgIpc) is 2.64. The minimum atomic E-state index is -0.518. The molecule has 3 rings (SSSR count). The normalized spacial score (nSPS) is 14.7. The minimum Gasteiger partial charge on any atom is -0.378 e. The second kappa shape index (κ2) is 7.62. The van der Waals surface area contributed by atoms with Gasteiger partial charge in [-0.25, -0.2) is 14.8 Å². The zero-order chi connectivity index (χ0) is 17.6. The van der Waals surface area contributed by atoms with Gasteiger partial charge in [0.1, 0.15) is 0 Å². The fourth-order valence-corrected chi connectivity index (χ4v) is 2.29. The molecule has 9 nitrogen and oxygen atoms in total. The Kier molecular flexibility index (Phi) is 5.09. The van der Waals surface area contributed by atoms with Crippen molar-refractivity contribution in [3.63, 3.8) is 0 Å². The topological polar surface area (TPSA) is 106 Å². The van der Waals surface area contributed by atoms with Crippen molar-refractivity contribution in [2.45, 2.75) is 0 Å². The van der Waals surface area contributed by atoms with E-state index >= 15 is 0 Å². The Hall–Kier alpha value is -3.14. The van der Waals surface area contributed by atoms with Crippen LogP contribution >= 0.6 is 0 Å². The number of nitro benzene ring substituents is 1. The number of benzene rings is 1. The van der Waals surface area contributed by atoms with Gasteiger partial charge in [-0.2, -0.15) is 10.1 Å². The number of halogens is 1. The largest absolute Gasteiger partial charge is 0.378 e. The lowest BCUT2D eigenvalue weighted by molar-refractivity contribution is -0.384. The Balaban J connectivity index is 1.70. The molecule has 130 valence electrons. The van der Waals surface area contributed by atoms with E-state index in [1.807, 2.05) is 0 Å². The molecular formula is C15H15FN6O3. The van der Waals surface area contributed by atoms with Gasteiger partial charge >= 0.3 is 0 Å². The van der Waals surface area contributed by atoms with E-state index in [4.69, 9.17) is 4.74 Å². The molecule has 0 saturated carbocycles. The van der Waals surface area contributed by atoms with E-state index in [1.165, 1.54) is 18.3 Å². The van der Waals surface area contributed by atoms with Gasteiger partial charge in [-0.1, -0.05) is 12.1 Å². The van der Waals surface area contributed by atoms with Gasteiger partial charge in [0.2, 0.25) is 5.95 Å². The zero-order valence-corrected chi connectivity index (χ0v) is 13.1. The average molecular weight is 346 g/mol. The number of hydrogen-bond acceptors (Lipinski definition) is 8. The standard InChI is InChI=1S/C15H15FN6O3/c16-13-10-17-15(19-14(13)21-4-6-25-7-5-21)20-18-9-11-2-1-3-12(8-11)22(23)24/h1-3,8-10H,4-7H2,(H,17,19,20). The number of nitro groups is 1. The van der Waals surface area contributed by atoms with Crippen LogP contribution in [-0.2, 0) is 4.74 Å². The number of non-ortho nitro benzene ring substituents is 1. The second-order valence-electron chi connectivity index (χ2n) is 5.19. The molecule has 0 atom stereocenters. The zero-order valence-electron chi connectivity index (χ0n) is 13.1. The third-order valence-electron chi connectivity index (χ3n) is 3.50. The summed E-state index contributed by atoms with van der Waals surface area (Å²) in [5.74, 6) is -0.203. The fraction of sp³-hybridized carbons (Fsp3) is 0.267. The molecule has 1 aromatic heterocycles. The molecule has 0 radical (unpaired) electrons. The summed E-state index contributed by atoms with van der Waals surface area (Å²) in [6.45, 7) is 2.11. The Labute approximate surface area is 142 Å². The van der Waals surface area contributed by atoms with E-state index in [-0.39, 0.29) is 17.5 Å². The molecule has 1 aliphatic rings. The van der Waals surface area contributed by atoms with Crippen molar-refractivity contribution in [1.82, 2.24) is 9.97 Å². The molecule has 1 saturated heterocycles. The Morgan fingerprint density at radius 2 is 2.20 bits per heavy atom. The van der Waals surface area contributed by atoms with Crippen molar-refractivity contribution in [2.75, 3.05) is 36.6 Å². The van der Waals surface area contributed by atoms with E-state index < -0.39 is 10.7 Å². The lowest BCUT2D eigenvalue weighted by Gasteiger charge is -2.27. The van der Waals surface area contributed by atoms with Crippen LogP contribution in [0.2, 0.25) is 0 Å². The molecule has 1 fully saturated rings. The third kappa shape index (κ3) is 4.23. The van der Waals surface area contributed by atoms with Gasteiger partial charge in [-0.3, -0.25) is 10.1 Å². The Bertz CT molecular complexity index is 795. The molecule has 2 aromatic rings. The first-order valence-corrected chi connectivity index (χ1v) is 7.52. The summed E-state index contributed by atoms with van der Waals surface area (Å²) in [7, 11) is 0. The summed E-state index contributed by atoms with van der Waals surface area (Å²) in [5, 5.41) is 14.7. The molecule has 0 bridgehead atoms. The quantitative estimate of drug-likeness (QED) is 0.500. The van der Waals surface area contributed by atoms with Crippen molar-refractivity contribution < 1.29 is 14.1 Å². The Morgan fingerprint density at radius 1 is 1.40 bits per heavy atom. The van der Waals surface area contributed by atoms with Crippen LogP contribution in [0.5, 0.6) is 0 Å². The van der Waals surface area contributed by atoms with Gasteiger partial charge in [0, 0.05) is 30.8 Å². The summed E-state index contributed by atoms with van der Waals surface area (Å²) in [4.78, 5) is 20.0. The predicted molar refractivity (Wildman–Crippen MR) is 89.3 cm³/mol. The summed E-state index contributed by atoms with van der Waals surface area (Å²) in [6, 6.07) is 6.01. The lowest BCUT2D eigenvalue weighted by atomic mass is 10.2. The lowest BCUT2D eigenvalue weighted by Crippen LogP contribution is -2.37. The van der Waals surface area contributed by atoms with Crippen LogP contribution in [0.4, 0.5) is 21.8 Å². The molecule has 0 amide bonds. The number of rotatable bonds is 5. The van der Waals surface area contributed by atoms with Crippen LogP contribution in [0, 0.1) is 15.9 Å². The summed E-state index contributed by atoms with van der Waals surface area (Å²) >= 11 is 0. The number of ether oxygens (including phenoxy) is 1. The highest BCUT2D eigenvalue weighted by atomic mass is 19.1. The monoisotopic (exact) mass is 346 g/mol. The third-order valence-corrected chi connectivity index (χ3v) is 3.50. The van der Waals surface area contributed by atoms with Crippen molar-refractivity contribution in [2.24, 2.45) is 5.10 Å². The van der Waals surface area contributed by atoms with Crippen molar-refractivity contribution in [1.29, 1.82) is 0 Å². The number of nitrogens with zero attached hydrogens (tertiary/aromatic N) is 5. The van der Waals surface area contributed by atoms with Crippen LogP contribution in [0.3, 0.4) is 0 Å². The van der Waals surface area contributed by atoms with Gasteiger partial charge in [0.15, 0.2) is 11.6 Å². The number of hydrazone groups is 1. The molecule has 1 N–H and O–H groups in total. The SMILES string of the molecule is O=[N+]([O-])c1cccc(C=NNc2ncc(F)c(N3CCOCC3)n2)c1. The molecule has 2 heterocycles. The van der Waals surface area contributed by atoms with Gasteiger partial charge in [0.05, 0.1) is 30.5 Å².